The number of furan rings is 1. The number of ether oxygens (including phenoxy) is 1. The van der Waals surface area contributed by atoms with E-state index in [9.17, 15) is 9.90 Å². The van der Waals surface area contributed by atoms with Gasteiger partial charge in [-0.25, -0.2) is 9.78 Å². The molecule has 0 saturated carbocycles. The average molecular weight is 403 g/mol. The first kappa shape index (κ1) is 20.0. The maximum absolute atomic E-state index is 12.2. The van der Waals surface area contributed by atoms with Gasteiger partial charge in [0.2, 0.25) is 0 Å². The fourth-order valence-electron chi connectivity index (χ4n) is 3.92. The zero-order valence-corrected chi connectivity index (χ0v) is 17.7. The number of pyridine rings is 1. The molecule has 154 valence electrons. The van der Waals surface area contributed by atoms with Gasteiger partial charge in [-0.1, -0.05) is 37.6 Å². The number of aromatic carboxylic acids is 1. The molecule has 5 nitrogen and oxygen atoms in total. The van der Waals surface area contributed by atoms with Gasteiger partial charge in [0.1, 0.15) is 17.0 Å². The van der Waals surface area contributed by atoms with E-state index in [0.29, 0.717) is 34.7 Å². The molecule has 0 aliphatic carbocycles. The normalized spacial score (nSPS) is 11.3. The summed E-state index contributed by atoms with van der Waals surface area (Å²) in [6, 6.07) is 11.4. The maximum Gasteiger partial charge on any atom is 0.336 e. The number of para-hydroxylation sites is 1. The van der Waals surface area contributed by atoms with Crippen LogP contribution in [0.2, 0.25) is 0 Å². The van der Waals surface area contributed by atoms with Crippen LogP contribution in [-0.2, 0) is 0 Å². The van der Waals surface area contributed by atoms with Gasteiger partial charge in [-0.2, -0.15) is 0 Å². The molecule has 2 heterocycles. The van der Waals surface area contributed by atoms with Crippen LogP contribution in [0.15, 0.2) is 40.8 Å². The summed E-state index contributed by atoms with van der Waals surface area (Å²) in [5.74, 6) is 0.179. The molecule has 0 unspecified atom stereocenters. The van der Waals surface area contributed by atoms with Crippen LogP contribution in [0, 0.1) is 20.8 Å². The lowest BCUT2D eigenvalue weighted by atomic mass is 9.99. The summed E-state index contributed by atoms with van der Waals surface area (Å²) in [7, 11) is 0. The van der Waals surface area contributed by atoms with E-state index in [1.165, 1.54) is 0 Å². The highest BCUT2D eigenvalue weighted by molar-refractivity contribution is 6.08. The van der Waals surface area contributed by atoms with E-state index in [0.717, 1.165) is 40.5 Å². The highest BCUT2D eigenvalue weighted by Crippen LogP contribution is 2.38. The average Bonchev–Trinajstić information content (AvgIpc) is 3.06. The van der Waals surface area contributed by atoms with Gasteiger partial charge in [0.05, 0.1) is 23.1 Å². The van der Waals surface area contributed by atoms with E-state index in [-0.39, 0.29) is 5.56 Å². The molecule has 0 aliphatic heterocycles. The lowest BCUT2D eigenvalue weighted by Crippen LogP contribution is -2.06. The van der Waals surface area contributed by atoms with Crippen molar-refractivity contribution in [2.24, 2.45) is 0 Å². The number of rotatable bonds is 6. The van der Waals surface area contributed by atoms with Gasteiger partial charge < -0.3 is 14.3 Å². The van der Waals surface area contributed by atoms with Crippen molar-refractivity contribution in [1.82, 2.24) is 4.98 Å². The third kappa shape index (κ3) is 3.30. The Morgan fingerprint density at radius 2 is 1.90 bits per heavy atom. The summed E-state index contributed by atoms with van der Waals surface area (Å²) < 4.78 is 12.1. The first-order chi connectivity index (χ1) is 14.4. The first-order valence-electron chi connectivity index (χ1n) is 10.2. The Morgan fingerprint density at radius 3 is 2.60 bits per heavy atom. The second-order valence-electron chi connectivity index (χ2n) is 7.68. The molecule has 2 aromatic carbocycles. The van der Waals surface area contributed by atoms with E-state index in [1.54, 1.807) is 6.07 Å². The number of unbranched alkanes of at least 4 members (excludes halogenated alkanes) is 1. The van der Waals surface area contributed by atoms with Gasteiger partial charge in [0, 0.05) is 10.9 Å². The molecule has 4 rings (SSSR count). The van der Waals surface area contributed by atoms with Gasteiger partial charge in [-0.3, -0.25) is 0 Å². The predicted octanol–water partition coefficient (Wildman–Crippen LogP) is 6.45. The molecule has 0 radical (unpaired) electrons. The number of nitrogens with zero attached hydrogens (tertiary/aromatic N) is 1. The number of aromatic nitrogens is 1. The van der Waals surface area contributed by atoms with E-state index in [1.807, 2.05) is 51.1 Å². The summed E-state index contributed by atoms with van der Waals surface area (Å²) in [6.07, 6.45) is 1.91. The van der Waals surface area contributed by atoms with Gasteiger partial charge in [-0.05, 0) is 50.5 Å². The van der Waals surface area contributed by atoms with Crippen molar-refractivity contribution in [3.8, 4) is 17.2 Å². The van der Waals surface area contributed by atoms with Gasteiger partial charge in [0.25, 0.3) is 0 Å². The maximum atomic E-state index is 12.2. The molecule has 5 heteroatoms. The van der Waals surface area contributed by atoms with Crippen LogP contribution in [0.3, 0.4) is 0 Å². The number of hydrogen-bond donors (Lipinski definition) is 1. The quantitative estimate of drug-likeness (QED) is 0.375. The molecule has 0 fully saturated rings. The van der Waals surface area contributed by atoms with Crippen LogP contribution in [0.5, 0.6) is 5.75 Å². The summed E-state index contributed by atoms with van der Waals surface area (Å²) in [5.41, 5.74) is 4.83. The summed E-state index contributed by atoms with van der Waals surface area (Å²) in [5, 5.41) is 11.6. The van der Waals surface area contributed by atoms with Crippen LogP contribution in [0.4, 0.5) is 0 Å². The van der Waals surface area contributed by atoms with Crippen LogP contribution < -0.4 is 4.74 Å². The molecular weight excluding hydrogens is 378 g/mol. The number of aryl methyl sites for hydroxylation is 3. The van der Waals surface area contributed by atoms with Crippen molar-refractivity contribution in [2.75, 3.05) is 6.61 Å². The monoisotopic (exact) mass is 403 g/mol. The third-order valence-electron chi connectivity index (χ3n) is 5.46. The highest BCUT2D eigenvalue weighted by Gasteiger charge is 2.22. The number of carbonyl (C=O) groups is 1. The highest BCUT2D eigenvalue weighted by atomic mass is 16.5. The molecule has 0 atom stereocenters. The van der Waals surface area contributed by atoms with E-state index < -0.39 is 5.97 Å². The third-order valence-corrected chi connectivity index (χ3v) is 5.46. The zero-order chi connectivity index (χ0) is 21.4. The topological polar surface area (TPSA) is 72.6 Å². The minimum absolute atomic E-state index is 0.174. The summed E-state index contributed by atoms with van der Waals surface area (Å²) >= 11 is 0. The molecule has 0 bridgehead atoms. The Bertz CT molecular complexity index is 1270. The smallest absolute Gasteiger partial charge is 0.336 e. The molecule has 0 saturated heterocycles. The Kier molecular flexibility index (Phi) is 5.20. The van der Waals surface area contributed by atoms with Crippen molar-refractivity contribution in [3.05, 3.63) is 58.7 Å². The SMILES string of the molecule is CCCCOc1c(C)cc(C)c2nc(-c3oc4ccccc4c3C)cc(C(=O)O)c12. The lowest BCUT2D eigenvalue weighted by Gasteiger charge is -2.16. The molecule has 2 aromatic heterocycles. The number of carboxylic acid groups (broad SMARTS) is 1. The van der Waals surface area contributed by atoms with Crippen molar-refractivity contribution in [3.63, 3.8) is 0 Å². The lowest BCUT2D eigenvalue weighted by molar-refractivity contribution is 0.0698. The fraction of sp³-hybridized carbons (Fsp3) is 0.280. The number of benzene rings is 2. The fourth-order valence-corrected chi connectivity index (χ4v) is 3.92. The predicted molar refractivity (Wildman–Crippen MR) is 119 cm³/mol. The first-order valence-corrected chi connectivity index (χ1v) is 10.2. The van der Waals surface area contributed by atoms with E-state index in [2.05, 4.69) is 6.92 Å². The van der Waals surface area contributed by atoms with E-state index >= 15 is 0 Å². The molecule has 0 aliphatic rings. The van der Waals surface area contributed by atoms with Crippen LogP contribution in [0.1, 0.15) is 46.8 Å². The Hall–Kier alpha value is -3.34. The molecule has 1 N–H and O–H groups in total. The summed E-state index contributed by atoms with van der Waals surface area (Å²) in [6.45, 7) is 8.49. The number of fused-ring (bicyclic) bond motifs is 2. The molecule has 0 amide bonds. The van der Waals surface area contributed by atoms with Crippen molar-refractivity contribution < 1.29 is 19.1 Å². The van der Waals surface area contributed by atoms with Gasteiger partial charge in [0.15, 0.2) is 5.76 Å². The standard InChI is InChI=1S/C25H25NO4/c1-5-6-11-29-23-15(3)12-14(2)22-21(23)18(25(27)28)13-19(26-22)24-16(4)17-9-7-8-10-20(17)30-24/h7-10,12-13H,5-6,11H2,1-4H3,(H,27,28). The Labute approximate surface area is 175 Å². The second kappa shape index (κ2) is 7.82. The van der Waals surface area contributed by atoms with Crippen LogP contribution in [-0.4, -0.2) is 22.7 Å². The van der Waals surface area contributed by atoms with Crippen LogP contribution in [0.25, 0.3) is 33.3 Å². The minimum atomic E-state index is -1.01. The van der Waals surface area contributed by atoms with Gasteiger partial charge in [-0.15, -0.1) is 0 Å². The molecule has 30 heavy (non-hydrogen) atoms. The van der Waals surface area contributed by atoms with Crippen molar-refractivity contribution in [2.45, 2.75) is 40.5 Å². The molecule has 4 aromatic rings. The number of carboxylic acids is 1. The number of hydrogen-bond acceptors (Lipinski definition) is 4. The van der Waals surface area contributed by atoms with Crippen LogP contribution >= 0.6 is 0 Å². The van der Waals surface area contributed by atoms with Crippen molar-refractivity contribution in [1.29, 1.82) is 0 Å². The zero-order valence-electron chi connectivity index (χ0n) is 17.7. The van der Waals surface area contributed by atoms with Crippen molar-refractivity contribution >= 4 is 27.8 Å². The second-order valence-corrected chi connectivity index (χ2v) is 7.68. The molecular formula is C25H25NO4. The van der Waals surface area contributed by atoms with Gasteiger partial charge >= 0.3 is 5.97 Å². The Balaban J connectivity index is 2.00. The summed E-state index contributed by atoms with van der Waals surface area (Å²) in [4.78, 5) is 17.1. The molecule has 0 spiro atoms. The van der Waals surface area contributed by atoms with E-state index in [4.69, 9.17) is 14.1 Å². The Morgan fingerprint density at radius 1 is 1.13 bits per heavy atom. The largest absolute Gasteiger partial charge is 0.493 e. The minimum Gasteiger partial charge on any atom is -0.493 e.